The number of hydrogen-bond acceptors (Lipinski definition) is 3. The normalized spacial score (nSPS) is 16.7. The highest BCUT2D eigenvalue weighted by Crippen LogP contribution is 2.27. The molecule has 0 unspecified atom stereocenters. The molecule has 0 atom stereocenters. The predicted octanol–water partition coefficient (Wildman–Crippen LogP) is 2.73. The topological polar surface area (TPSA) is 32.3 Å². The van der Waals surface area contributed by atoms with Crippen LogP contribution in [0.25, 0.3) is 10.1 Å². The summed E-state index contributed by atoms with van der Waals surface area (Å²) in [5, 5.41) is 6.41. The molecule has 100 valence electrons. The van der Waals surface area contributed by atoms with Gasteiger partial charge in [0.15, 0.2) is 0 Å². The first-order chi connectivity index (χ1) is 9.27. The van der Waals surface area contributed by atoms with Crippen molar-refractivity contribution >= 4 is 27.3 Å². The van der Waals surface area contributed by atoms with Crippen LogP contribution in [0, 0.1) is 0 Å². The maximum absolute atomic E-state index is 12.6. The molecule has 1 aromatic carbocycles. The van der Waals surface area contributed by atoms with Crippen LogP contribution in [0.4, 0.5) is 0 Å². The Morgan fingerprint density at radius 1 is 1.32 bits per heavy atom. The summed E-state index contributed by atoms with van der Waals surface area (Å²) < 4.78 is 1.18. The molecular weight excluding hydrogens is 256 g/mol. The Labute approximate surface area is 117 Å². The molecule has 1 fully saturated rings. The van der Waals surface area contributed by atoms with Crippen molar-refractivity contribution in [2.75, 3.05) is 20.1 Å². The van der Waals surface area contributed by atoms with Gasteiger partial charge in [-0.15, -0.1) is 11.3 Å². The number of amides is 1. The van der Waals surface area contributed by atoms with Gasteiger partial charge in [-0.05, 0) is 32.0 Å². The minimum Gasteiger partial charge on any atom is -0.339 e. The van der Waals surface area contributed by atoms with Crippen molar-refractivity contribution in [3.05, 3.63) is 35.2 Å². The Morgan fingerprint density at radius 2 is 2.05 bits per heavy atom. The summed E-state index contributed by atoms with van der Waals surface area (Å²) in [6, 6.07) is 8.49. The van der Waals surface area contributed by atoms with Crippen LogP contribution in [0.5, 0.6) is 0 Å². The number of piperidine rings is 1. The second kappa shape index (κ2) is 5.31. The Hall–Kier alpha value is -1.39. The van der Waals surface area contributed by atoms with Crippen molar-refractivity contribution in [3.8, 4) is 0 Å². The Kier molecular flexibility index (Phi) is 3.53. The maximum Gasteiger partial charge on any atom is 0.255 e. The number of carbonyl (C=O) groups excluding carboxylic acids is 1. The van der Waals surface area contributed by atoms with Crippen molar-refractivity contribution in [1.82, 2.24) is 10.2 Å². The van der Waals surface area contributed by atoms with Crippen molar-refractivity contribution in [3.63, 3.8) is 0 Å². The number of benzene rings is 1. The van der Waals surface area contributed by atoms with Crippen LogP contribution in [0.2, 0.25) is 0 Å². The van der Waals surface area contributed by atoms with Crippen LogP contribution in [-0.2, 0) is 0 Å². The summed E-state index contributed by atoms with van der Waals surface area (Å²) in [5.41, 5.74) is 0.849. The summed E-state index contributed by atoms with van der Waals surface area (Å²) in [4.78, 5) is 14.6. The molecule has 3 nitrogen and oxygen atoms in total. The van der Waals surface area contributed by atoms with Gasteiger partial charge >= 0.3 is 0 Å². The second-order valence-electron chi connectivity index (χ2n) is 5.04. The molecular formula is C15H18N2OS. The summed E-state index contributed by atoms with van der Waals surface area (Å²) >= 11 is 1.65. The van der Waals surface area contributed by atoms with E-state index in [2.05, 4.69) is 11.4 Å². The third-order valence-electron chi connectivity index (χ3n) is 3.89. The average molecular weight is 274 g/mol. The first-order valence-electron chi connectivity index (χ1n) is 6.71. The molecule has 1 amide bonds. The van der Waals surface area contributed by atoms with Gasteiger partial charge in [0.25, 0.3) is 5.91 Å². The van der Waals surface area contributed by atoms with E-state index in [1.165, 1.54) is 4.70 Å². The van der Waals surface area contributed by atoms with Crippen LogP contribution in [0.1, 0.15) is 23.2 Å². The van der Waals surface area contributed by atoms with Gasteiger partial charge in [0.1, 0.15) is 0 Å². The monoisotopic (exact) mass is 274 g/mol. The Bertz CT molecular complexity index is 587. The van der Waals surface area contributed by atoms with E-state index in [9.17, 15) is 4.79 Å². The molecule has 1 saturated heterocycles. The molecule has 1 aliphatic heterocycles. The van der Waals surface area contributed by atoms with E-state index in [-0.39, 0.29) is 5.91 Å². The van der Waals surface area contributed by atoms with Crippen LogP contribution in [0.3, 0.4) is 0 Å². The molecule has 0 radical (unpaired) electrons. The molecule has 0 bridgehead atoms. The van der Waals surface area contributed by atoms with Gasteiger partial charge in [-0.2, -0.15) is 0 Å². The molecule has 2 aromatic rings. The highest BCUT2D eigenvalue weighted by molar-refractivity contribution is 7.17. The number of fused-ring (bicyclic) bond motifs is 1. The standard InChI is InChI=1S/C15H18N2OS/c1-17(11-6-8-16-9-7-11)15(18)13-10-19-14-5-3-2-4-12(13)14/h2-5,10-11,16H,6-9H2,1H3. The summed E-state index contributed by atoms with van der Waals surface area (Å²) in [7, 11) is 1.94. The molecule has 3 rings (SSSR count). The third kappa shape index (κ3) is 2.38. The van der Waals surface area contributed by atoms with E-state index < -0.39 is 0 Å². The van der Waals surface area contributed by atoms with Crippen LogP contribution in [0.15, 0.2) is 29.6 Å². The van der Waals surface area contributed by atoms with Gasteiger partial charge < -0.3 is 10.2 Å². The minimum absolute atomic E-state index is 0.157. The lowest BCUT2D eigenvalue weighted by atomic mass is 10.0. The minimum atomic E-state index is 0.157. The van der Waals surface area contributed by atoms with Gasteiger partial charge in [0.2, 0.25) is 0 Å². The van der Waals surface area contributed by atoms with E-state index in [0.717, 1.165) is 36.9 Å². The van der Waals surface area contributed by atoms with E-state index in [0.29, 0.717) is 6.04 Å². The number of carbonyl (C=O) groups is 1. The molecule has 1 N–H and O–H groups in total. The van der Waals surface area contributed by atoms with Crippen LogP contribution in [-0.4, -0.2) is 37.0 Å². The number of thiophene rings is 1. The number of rotatable bonds is 2. The molecule has 0 saturated carbocycles. The second-order valence-corrected chi connectivity index (χ2v) is 5.95. The number of nitrogens with zero attached hydrogens (tertiary/aromatic N) is 1. The fraction of sp³-hybridized carbons (Fsp3) is 0.400. The molecule has 0 aliphatic carbocycles. The molecule has 19 heavy (non-hydrogen) atoms. The maximum atomic E-state index is 12.6. The van der Waals surface area contributed by atoms with Gasteiger partial charge in [0.05, 0.1) is 5.56 Å². The summed E-state index contributed by atoms with van der Waals surface area (Å²) in [6.45, 7) is 2.01. The summed E-state index contributed by atoms with van der Waals surface area (Å²) in [5.74, 6) is 0.157. The van der Waals surface area contributed by atoms with Crippen molar-refractivity contribution in [1.29, 1.82) is 0 Å². The molecule has 2 heterocycles. The van der Waals surface area contributed by atoms with Crippen molar-refractivity contribution in [2.24, 2.45) is 0 Å². The fourth-order valence-electron chi connectivity index (χ4n) is 2.69. The average Bonchev–Trinajstić information content (AvgIpc) is 2.90. The fourth-order valence-corrected chi connectivity index (χ4v) is 3.63. The molecule has 1 aliphatic rings. The summed E-state index contributed by atoms with van der Waals surface area (Å²) in [6.07, 6.45) is 2.09. The Balaban J connectivity index is 1.86. The highest BCUT2D eigenvalue weighted by Gasteiger charge is 2.24. The van der Waals surface area contributed by atoms with E-state index in [1.807, 2.05) is 35.5 Å². The van der Waals surface area contributed by atoms with Gasteiger partial charge in [-0.25, -0.2) is 0 Å². The quantitative estimate of drug-likeness (QED) is 0.913. The lowest BCUT2D eigenvalue weighted by Gasteiger charge is -2.31. The van der Waals surface area contributed by atoms with Crippen LogP contribution >= 0.6 is 11.3 Å². The van der Waals surface area contributed by atoms with Gasteiger partial charge in [-0.1, -0.05) is 18.2 Å². The lowest BCUT2D eigenvalue weighted by molar-refractivity contribution is 0.0705. The lowest BCUT2D eigenvalue weighted by Crippen LogP contribution is -2.43. The van der Waals surface area contributed by atoms with Crippen molar-refractivity contribution in [2.45, 2.75) is 18.9 Å². The van der Waals surface area contributed by atoms with Gasteiger partial charge in [0, 0.05) is 28.6 Å². The van der Waals surface area contributed by atoms with Gasteiger partial charge in [-0.3, -0.25) is 4.79 Å². The van der Waals surface area contributed by atoms with E-state index >= 15 is 0 Å². The van der Waals surface area contributed by atoms with Crippen molar-refractivity contribution < 1.29 is 4.79 Å². The Morgan fingerprint density at radius 3 is 2.84 bits per heavy atom. The number of nitrogens with one attached hydrogen (secondary N) is 1. The number of hydrogen-bond donors (Lipinski definition) is 1. The first-order valence-corrected chi connectivity index (χ1v) is 7.59. The third-order valence-corrected chi connectivity index (χ3v) is 4.85. The van der Waals surface area contributed by atoms with E-state index in [1.54, 1.807) is 11.3 Å². The zero-order valence-corrected chi connectivity index (χ0v) is 11.9. The zero-order chi connectivity index (χ0) is 13.2. The smallest absolute Gasteiger partial charge is 0.255 e. The first kappa shape index (κ1) is 12.6. The highest BCUT2D eigenvalue weighted by atomic mass is 32.1. The van der Waals surface area contributed by atoms with E-state index in [4.69, 9.17) is 0 Å². The SMILES string of the molecule is CN(C(=O)c1csc2ccccc12)C1CCNCC1. The van der Waals surface area contributed by atoms with Crippen LogP contribution < -0.4 is 5.32 Å². The zero-order valence-electron chi connectivity index (χ0n) is 11.1. The molecule has 1 aromatic heterocycles. The molecule has 0 spiro atoms. The molecule has 4 heteroatoms. The predicted molar refractivity (Wildman–Crippen MR) is 79.8 cm³/mol. The largest absolute Gasteiger partial charge is 0.339 e.